The lowest BCUT2D eigenvalue weighted by molar-refractivity contribution is 0.191. The fraction of sp³-hybridized carbons (Fsp3) is 0.118. The van der Waals surface area contributed by atoms with Gasteiger partial charge < -0.3 is 16.2 Å². The molecule has 4 N–H and O–H groups in total. The van der Waals surface area contributed by atoms with Gasteiger partial charge in [-0.1, -0.05) is 30.3 Å². The third-order valence-corrected chi connectivity index (χ3v) is 3.37. The van der Waals surface area contributed by atoms with E-state index in [-0.39, 0.29) is 0 Å². The maximum atomic E-state index is 10.1. The van der Waals surface area contributed by atoms with E-state index in [2.05, 4.69) is 10.3 Å². The summed E-state index contributed by atoms with van der Waals surface area (Å²) >= 11 is 0. The average Bonchev–Trinajstić information content (AvgIpc) is 2.53. The predicted molar refractivity (Wildman–Crippen MR) is 86.0 cm³/mol. The first-order chi connectivity index (χ1) is 10.2. The van der Waals surface area contributed by atoms with Crippen molar-refractivity contribution >= 4 is 22.4 Å². The molecule has 3 rings (SSSR count). The summed E-state index contributed by atoms with van der Waals surface area (Å²) in [7, 11) is 0. The van der Waals surface area contributed by atoms with Crippen LogP contribution in [-0.2, 0) is 0 Å². The molecule has 0 aliphatic carbocycles. The molecule has 4 heteroatoms. The van der Waals surface area contributed by atoms with E-state index < -0.39 is 6.10 Å². The van der Waals surface area contributed by atoms with Crippen molar-refractivity contribution in [2.45, 2.75) is 6.10 Å². The van der Waals surface area contributed by atoms with Gasteiger partial charge in [-0.05, 0) is 35.9 Å². The summed E-state index contributed by atoms with van der Waals surface area (Å²) in [6.45, 7) is 0.414. The number of pyridine rings is 1. The number of anilines is 2. The minimum atomic E-state index is -0.560. The van der Waals surface area contributed by atoms with Crippen LogP contribution >= 0.6 is 0 Å². The highest BCUT2D eigenvalue weighted by Crippen LogP contribution is 2.19. The van der Waals surface area contributed by atoms with E-state index in [0.717, 1.165) is 28.0 Å². The summed E-state index contributed by atoms with van der Waals surface area (Å²) in [5.74, 6) is 0.738. The third kappa shape index (κ3) is 3.12. The SMILES string of the molecule is Nc1ccc2nc(NCC(O)c3ccccc3)ccc2c1. The maximum Gasteiger partial charge on any atom is 0.126 e. The minimum absolute atomic E-state index is 0.414. The Morgan fingerprint density at radius 1 is 1.05 bits per heavy atom. The van der Waals surface area contributed by atoms with Crippen LogP contribution in [0.25, 0.3) is 10.9 Å². The molecule has 0 aliphatic heterocycles. The van der Waals surface area contributed by atoms with Gasteiger partial charge in [0.05, 0.1) is 11.6 Å². The number of aliphatic hydroxyl groups is 1. The first-order valence-corrected chi connectivity index (χ1v) is 6.85. The summed E-state index contributed by atoms with van der Waals surface area (Å²) < 4.78 is 0. The Hall–Kier alpha value is -2.59. The highest BCUT2D eigenvalue weighted by atomic mass is 16.3. The fourth-order valence-corrected chi connectivity index (χ4v) is 2.24. The van der Waals surface area contributed by atoms with Crippen LogP contribution < -0.4 is 11.1 Å². The van der Waals surface area contributed by atoms with Crippen molar-refractivity contribution in [3.05, 3.63) is 66.2 Å². The van der Waals surface area contributed by atoms with Crippen molar-refractivity contribution in [3.8, 4) is 0 Å². The van der Waals surface area contributed by atoms with Crippen LogP contribution in [0.1, 0.15) is 11.7 Å². The first-order valence-electron chi connectivity index (χ1n) is 6.85. The summed E-state index contributed by atoms with van der Waals surface area (Å²) in [5, 5.41) is 14.3. The number of nitrogens with zero attached hydrogens (tertiary/aromatic N) is 1. The first kappa shape index (κ1) is 13.4. The van der Waals surface area contributed by atoms with Gasteiger partial charge in [-0.15, -0.1) is 0 Å². The van der Waals surface area contributed by atoms with Gasteiger partial charge >= 0.3 is 0 Å². The van der Waals surface area contributed by atoms with E-state index >= 15 is 0 Å². The maximum absolute atomic E-state index is 10.1. The van der Waals surface area contributed by atoms with Gasteiger partial charge in [-0.2, -0.15) is 0 Å². The number of rotatable bonds is 4. The molecule has 0 saturated heterocycles. The number of fused-ring (bicyclic) bond motifs is 1. The second-order valence-electron chi connectivity index (χ2n) is 4.96. The second-order valence-corrected chi connectivity index (χ2v) is 4.96. The van der Waals surface area contributed by atoms with E-state index in [4.69, 9.17) is 5.73 Å². The van der Waals surface area contributed by atoms with Gasteiger partial charge in [0.15, 0.2) is 0 Å². The average molecular weight is 279 g/mol. The van der Waals surface area contributed by atoms with Gasteiger partial charge in [-0.3, -0.25) is 0 Å². The molecule has 0 radical (unpaired) electrons. The summed E-state index contributed by atoms with van der Waals surface area (Å²) in [6, 6.07) is 19.0. The fourth-order valence-electron chi connectivity index (χ4n) is 2.24. The lowest BCUT2D eigenvalue weighted by Gasteiger charge is -2.13. The molecule has 4 nitrogen and oxygen atoms in total. The summed E-state index contributed by atoms with van der Waals surface area (Å²) in [4.78, 5) is 4.50. The van der Waals surface area contributed by atoms with E-state index in [1.165, 1.54) is 0 Å². The van der Waals surface area contributed by atoms with Gasteiger partial charge in [0.25, 0.3) is 0 Å². The number of nitrogens with one attached hydrogen (secondary N) is 1. The number of aliphatic hydroxyl groups excluding tert-OH is 1. The molecule has 0 fully saturated rings. The van der Waals surface area contributed by atoms with Crippen molar-refractivity contribution < 1.29 is 5.11 Å². The molecule has 1 aromatic heterocycles. The van der Waals surface area contributed by atoms with Gasteiger partial charge in [-0.25, -0.2) is 4.98 Å². The standard InChI is InChI=1S/C17H17N3O/c18-14-7-8-15-13(10-14)6-9-17(20-15)19-11-16(21)12-4-2-1-3-5-12/h1-10,16,21H,11,18H2,(H,19,20). The van der Waals surface area contributed by atoms with Gasteiger partial charge in [0, 0.05) is 17.6 Å². The molecule has 0 amide bonds. The summed E-state index contributed by atoms with van der Waals surface area (Å²) in [6.07, 6.45) is -0.560. The highest BCUT2D eigenvalue weighted by molar-refractivity contribution is 5.83. The number of benzene rings is 2. The molecule has 3 aromatic rings. The molecule has 2 aromatic carbocycles. The van der Waals surface area contributed by atoms with Crippen LogP contribution in [0.4, 0.5) is 11.5 Å². The lowest BCUT2D eigenvalue weighted by atomic mass is 10.1. The Bertz CT molecular complexity index is 743. The van der Waals surface area contributed by atoms with E-state index in [0.29, 0.717) is 6.54 Å². The van der Waals surface area contributed by atoms with Crippen molar-refractivity contribution in [1.82, 2.24) is 4.98 Å². The van der Waals surface area contributed by atoms with Crippen molar-refractivity contribution in [1.29, 1.82) is 0 Å². The van der Waals surface area contributed by atoms with Gasteiger partial charge in [0.1, 0.15) is 5.82 Å². The number of nitrogens with two attached hydrogens (primary N) is 1. The van der Waals surface area contributed by atoms with Crippen LogP contribution in [0.3, 0.4) is 0 Å². The zero-order valence-electron chi connectivity index (χ0n) is 11.5. The lowest BCUT2D eigenvalue weighted by Crippen LogP contribution is -2.12. The largest absolute Gasteiger partial charge is 0.399 e. The molecule has 1 heterocycles. The number of aromatic nitrogens is 1. The monoisotopic (exact) mass is 279 g/mol. The quantitative estimate of drug-likeness (QED) is 0.642. The zero-order valence-corrected chi connectivity index (χ0v) is 11.5. The molecule has 106 valence electrons. The number of nitrogen functional groups attached to an aromatic ring is 1. The van der Waals surface area contributed by atoms with Crippen LogP contribution in [-0.4, -0.2) is 16.6 Å². The van der Waals surface area contributed by atoms with E-state index in [1.807, 2.05) is 60.7 Å². The van der Waals surface area contributed by atoms with Crippen LogP contribution in [0.5, 0.6) is 0 Å². The number of hydrogen-bond donors (Lipinski definition) is 3. The Morgan fingerprint density at radius 3 is 2.67 bits per heavy atom. The normalized spacial score (nSPS) is 12.2. The summed E-state index contributed by atoms with van der Waals surface area (Å²) in [5.41, 5.74) is 8.24. The van der Waals surface area contributed by atoms with Crippen molar-refractivity contribution in [2.75, 3.05) is 17.6 Å². The molecule has 1 unspecified atom stereocenters. The molecule has 0 bridgehead atoms. The molecule has 0 saturated carbocycles. The Balaban J connectivity index is 1.72. The van der Waals surface area contributed by atoms with Gasteiger partial charge in [0.2, 0.25) is 0 Å². The minimum Gasteiger partial charge on any atom is -0.399 e. The Kier molecular flexibility index (Phi) is 3.71. The third-order valence-electron chi connectivity index (χ3n) is 3.37. The molecule has 1 atom stereocenters. The van der Waals surface area contributed by atoms with Crippen LogP contribution in [0.2, 0.25) is 0 Å². The zero-order chi connectivity index (χ0) is 14.7. The van der Waals surface area contributed by atoms with Crippen LogP contribution in [0.15, 0.2) is 60.7 Å². The topological polar surface area (TPSA) is 71.2 Å². The molecule has 0 spiro atoms. The second kappa shape index (κ2) is 5.81. The highest BCUT2D eigenvalue weighted by Gasteiger charge is 2.07. The van der Waals surface area contributed by atoms with Crippen LogP contribution in [0, 0.1) is 0 Å². The van der Waals surface area contributed by atoms with E-state index in [1.54, 1.807) is 0 Å². The number of hydrogen-bond acceptors (Lipinski definition) is 4. The van der Waals surface area contributed by atoms with E-state index in [9.17, 15) is 5.11 Å². The Morgan fingerprint density at radius 2 is 1.86 bits per heavy atom. The molecular weight excluding hydrogens is 262 g/mol. The molecular formula is C17H17N3O. The van der Waals surface area contributed by atoms with Crippen molar-refractivity contribution in [3.63, 3.8) is 0 Å². The van der Waals surface area contributed by atoms with Crippen molar-refractivity contribution in [2.24, 2.45) is 0 Å². The Labute approximate surface area is 123 Å². The smallest absolute Gasteiger partial charge is 0.126 e. The molecule has 21 heavy (non-hydrogen) atoms. The predicted octanol–water partition coefficient (Wildman–Crippen LogP) is 2.96. The molecule has 0 aliphatic rings.